The Morgan fingerprint density at radius 2 is 2.12 bits per heavy atom. The summed E-state index contributed by atoms with van der Waals surface area (Å²) in [6.45, 7) is 7.82. The van der Waals surface area contributed by atoms with Gasteiger partial charge >= 0.3 is 6.03 Å². The standard InChI is InChI=1S/C18H26FN3O2/c1-14-17-13-16(19)4-3-15(17)5-8-22(14)18(23)20-6-2-7-21-9-11-24-12-10-21/h3-4,13-14H,2,5-12H2,1H3,(H,20,23)/t14-/m1/s1. The third-order valence-corrected chi connectivity index (χ3v) is 4.94. The van der Waals surface area contributed by atoms with Gasteiger partial charge in [-0.15, -0.1) is 0 Å². The summed E-state index contributed by atoms with van der Waals surface area (Å²) in [4.78, 5) is 16.6. The quantitative estimate of drug-likeness (QED) is 0.858. The highest BCUT2D eigenvalue weighted by Gasteiger charge is 2.27. The van der Waals surface area contributed by atoms with Crippen LogP contribution >= 0.6 is 0 Å². The number of hydrogen-bond acceptors (Lipinski definition) is 3. The molecule has 0 aromatic heterocycles. The zero-order valence-electron chi connectivity index (χ0n) is 14.3. The topological polar surface area (TPSA) is 44.8 Å². The number of rotatable bonds is 4. The van der Waals surface area contributed by atoms with Crippen molar-refractivity contribution in [1.82, 2.24) is 15.1 Å². The molecule has 2 amide bonds. The Balaban J connectivity index is 1.47. The molecule has 0 aliphatic carbocycles. The number of halogens is 1. The molecule has 1 aromatic rings. The van der Waals surface area contributed by atoms with E-state index in [9.17, 15) is 9.18 Å². The van der Waals surface area contributed by atoms with Crippen LogP contribution in [0, 0.1) is 5.82 Å². The van der Waals surface area contributed by atoms with E-state index in [0.717, 1.165) is 56.8 Å². The molecule has 0 unspecified atom stereocenters. The minimum atomic E-state index is -0.242. The van der Waals surface area contributed by atoms with Crippen molar-refractivity contribution in [3.63, 3.8) is 0 Å². The molecule has 1 fully saturated rings. The molecule has 132 valence electrons. The summed E-state index contributed by atoms with van der Waals surface area (Å²) in [6.07, 6.45) is 1.71. The number of morpholine rings is 1. The normalized spacial score (nSPS) is 21.4. The zero-order valence-corrected chi connectivity index (χ0v) is 14.3. The summed E-state index contributed by atoms with van der Waals surface area (Å²) < 4.78 is 18.8. The Kier molecular flexibility index (Phi) is 5.68. The first-order chi connectivity index (χ1) is 11.6. The molecule has 0 radical (unpaired) electrons. The van der Waals surface area contributed by atoms with Gasteiger partial charge in [-0.2, -0.15) is 0 Å². The average Bonchev–Trinajstić information content (AvgIpc) is 2.60. The summed E-state index contributed by atoms with van der Waals surface area (Å²) in [5, 5.41) is 3.00. The van der Waals surface area contributed by atoms with Gasteiger partial charge in [-0.05, 0) is 49.6 Å². The first-order valence-corrected chi connectivity index (χ1v) is 8.78. The third kappa shape index (κ3) is 4.05. The van der Waals surface area contributed by atoms with Crippen LogP contribution < -0.4 is 5.32 Å². The van der Waals surface area contributed by atoms with E-state index >= 15 is 0 Å². The highest BCUT2D eigenvalue weighted by Crippen LogP contribution is 2.29. The fourth-order valence-corrected chi connectivity index (χ4v) is 3.49. The molecule has 1 atom stereocenters. The number of carbonyl (C=O) groups is 1. The number of carbonyl (C=O) groups excluding carboxylic acids is 1. The Labute approximate surface area is 142 Å². The zero-order chi connectivity index (χ0) is 16.9. The minimum Gasteiger partial charge on any atom is -0.379 e. The molecular weight excluding hydrogens is 309 g/mol. The second-order valence-corrected chi connectivity index (χ2v) is 6.50. The van der Waals surface area contributed by atoms with Crippen LogP contribution in [0.5, 0.6) is 0 Å². The molecule has 24 heavy (non-hydrogen) atoms. The molecular formula is C18H26FN3O2. The summed E-state index contributed by atoms with van der Waals surface area (Å²) >= 11 is 0. The largest absolute Gasteiger partial charge is 0.379 e. The van der Waals surface area contributed by atoms with E-state index in [1.54, 1.807) is 11.0 Å². The average molecular weight is 335 g/mol. The number of amides is 2. The van der Waals surface area contributed by atoms with Crippen LogP contribution in [0.1, 0.15) is 30.5 Å². The van der Waals surface area contributed by atoms with Gasteiger partial charge in [-0.1, -0.05) is 6.07 Å². The van der Waals surface area contributed by atoms with Crippen molar-refractivity contribution < 1.29 is 13.9 Å². The van der Waals surface area contributed by atoms with E-state index in [-0.39, 0.29) is 17.9 Å². The highest BCUT2D eigenvalue weighted by atomic mass is 19.1. The maximum absolute atomic E-state index is 13.5. The number of ether oxygens (including phenoxy) is 1. The summed E-state index contributed by atoms with van der Waals surface area (Å²) in [7, 11) is 0. The summed E-state index contributed by atoms with van der Waals surface area (Å²) in [5.74, 6) is -0.242. The van der Waals surface area contributed by atoms with E-state index in [4.69, 9.17) is 4.74 Å². The first kappa shape index (κ1) is 17.2. The molecule has 2 heterocycles. The van der Waals surface area contributed by atoms with Gasteiger partial charge in [0.25, 0.3) is 0 Å². The number of nitrogens with zero attached hydrogens (tertiary/aromatic N) is 2. The van der Waals surface area contributed by atoms with Gasteiger partial charge in [0.1, 0.15) is 5.82 Å². The lowest BCUT2D eigenvalue weighted by molar-refractivity contribution is 0.0374. The van der Waals surface area contributed by atoms with E-state index in [1.807, 2.05) is 13.0 Å². The molecule has 5 nitrogen and oxygen atoms in total. The maximum Gasteiger partial charge on any atom is 0.317 e. The monoisotopic (exact) mass is 335 g/mol. The van der Waals surface area contributed by atoms with Crippen molar-refractivity contribution in [3.8, 4) is 0 Å². The SMILES string of the molecule is C[C@@H]1c2cc(F)ccc2CCN1C(=O)NCCCN1CCOCC1. The van der Waals surface area contributed by atoms with Crippen LogP contribution in [0.25, 0.3) is 0 Å². The smallest absolute Gasteiger partial charge is 0.317 e. The second kappa shape index (κ2) is 7.94. The number of urea groups is 1. The van der Waals surface area contributed by atoms with Gasteiger partial charge in [0.05, 0.1) is 19.3 Å². The first-order valence-electron chi connectivity index (χ1n) is 8.78. The Morgan fingerprint density at radius 3 is 2.92 bits per heavy atom. The van der Waals surface area contributed by atoms with Crippen LogP contribution in [0.4, 0.5) is 9.18 Å². The van der Waals surface area contributed by atoms with E-state index in [1.165, 1.54) is 6.07 Å². The summed E-state index contributed by atoms with van der Waals surface area (Å²) in [6, 6.07) is 4.73. The van der Waals surface area contributed by atoms with Crippen molar-refractivity contribution >= 4 is 6.03 Å². The Hall–Kier alpha value is -1.66. The van der Waals surface area contributed by atoms with Crippen molar-refractivity contribution in [3.05, 3.63) is 35.1 Å². The number of benzene rings is 1. The predicted molar refractivity (Wildman–Crippen MR) is 90.5 cm³/mol. The number of fused-ring (bicyclic) bond motifs is 1. The second-order valence-electron chi connectivity index (χ2n) is 6.50. The van der Waals surface area contributed by atoms with Gasteiger partial charge in [0, 0.05) is 26.2 Å². The molecule has 0 saturated carbocycles. The third-order valence-electron chi connectivity index (χ3n) is 4.94. The fraction of sp³-hybridized carbons (Fsp3) is 0.611. The van der Waals surface area contributed by atoms with Crippen molar-refractivity contribution in [2.24, 2.45) is 0 Å². The van der Waals surface area contributed by atoms with Gasteiger partial charge in [-0.25, -0.2) is 9.18 Å². The molecule has 1 aromatic carbocycles. The molecule has 1 N–H and O–H groups in total. The molecule has 1 saturated heterocycles. The highest BCUT2D eigenvalue weighted by molar-refractivity contribution is 5.75. The lowest BCUT2D eigenvalue weighted by atomic mass is 9.94. The van der Waals surface area contributed by atoms with Crippen LogP contribution in [0.2, 0.25) is 0 Å². The molecule has 3 rings (SSSR count). The Morgan fingerprint density at radius 1 is 1.33 bits per heavy atom. The van der Waals surface area contributed by atoms with Gasteiger partial charge < -0.3 is 15.0 Å². The number of hydrogen-bond donors (Lipinski definition) is 1. The van der Waals surface area contributed by atoms with Gasteiger partial charge in [0.15, 0.2) is 0 Å². The lowest BCUT2D eigenvalue weighted by Gasteiger charge is -2.35. The molecule has 0 spiro atoms. The summed E-state index contributed by atoms with van der Waals surface area (Å²) in [5.41, 5.74) is 2.06. The molecule has 6 heteroatoms. The molecule has 0 bridgehead atoms. The van der Waals surface area contributed by atoms with Crippen molar-refractivity contribution in [2.45, 2.75) is 25.8 Å². The van der Waals surface area contributed by atoms with Crippen molar-refractivity contribution in [1.29, 1.82) is 0 Å². The van der Waals surface area contributed by atoms with Crippen LogP contribution in [0.3, 0.4) is 0 Å². The minimum absolute atomic E-state index is 0.0561. The predicted octanol–water partition coefficient (Wildman–Crippen LogP) is 2.18. The van der Waals surface area contributed by atoms with E-state index in [2.05, 4.69) is 10.2 Å². The molecule has 2 aliphatic rings. The number of nitrogens with one attached hydrogen (secondary N) is 1. The van der Waals surface area contributed by atoms with E-state index < -0.39 is 0 Å². The van der Waals surface area contributed by atoms with Gasteiger partial charge in [-0.3, -0.25) is 4.90 Å². The lowest BCUT2D eigenvalue weighted by Crippen LogP contribution is -2.45. The maximum atomic E-state index is 13.5. The van der Waals surface area contributed by atoms with E-state index in [0.29, 0.717) is 13.1 Å². The van der Waals surface area contributed by atoms with Crippen LogP contribution in [-0.2, 0) is 11.2 Å². The fourth-order valence-electron chi connectivity index (χ4n) is 3.49. The van der Waals surface area contributed by atoms with Crippen LogP contribution in [-0.4, -0.2) is 61.8 Å². The van der Waals surface area contributed by atoms with Crippen LogP contribution in [0.15, 0.2) is 18.2 Å². The molecule has 2 aliphatic heterocycles. The van der Waals surface area contributed by atoms with Gasteiger partial charge in [0.2, 0.25) is 0 Å². The van der Waals surface area contributed by atoms with Crippen molar-refractivity contribution in [2.75, 3.05) is 45.9 Å². The Bertz CT molecular complexity index is 575.